The van der Waals surface area contributed by atoms with E-state index in [0.717, 1.165) is 6.42 Å². The topological polar surface area (TPSA) is 72.2 Å². The summed E-state index contributed by atoms with van der Waals surface area (Å²) < 4.78 is 22.8. The SMILES string of the molecule is NS(=O)(=O)c1ccccc1NCCc1ccccc1. The molecule has 3 N–H and O–H groups in total. The Balaban J connectivity index is 2.05. The lowest BCUT2D eigenvalue weighted by Crippen LogP contribution is -2.15. The van der Waals surface area contributed by atoms with E-state index in [1.165, 1.54) is 11.6 Å². The molecule has 19 heavy (non-hydrogen) atoms. The summed E-state index contributed by atoms with van der Waals surface area (Å²) in [6.45, 7) is 0.649. The molecule has 2 rings (SSSR count). The van der Waals surface area contributed by atoms with E-state index < -0.39 is 10.0 Å². The number of benzene rings is 2. The van der Waals surface area contributed by atoms with E-state index >= 15 is 0 Å². The lowest BCUT2D eigenvalue weighted by atomic mass is 10.1. The molecule has 0 aromatic heterocycles. The zero-order valence-corrected chi connectivity index (χ0v) is 11.2. The molecule has 0 spiro atoms. The Kier molecular flexibility index (Phi) is 4.19. The van der Waals surface area contributed by atoms with Crippen molar-refractivity contribution >= 4 is 15.7 Å². The molecule has 4 nitrogen and oxygen atoms in total. The number of rotatable bonds is 5. The third-order valence-electron chi connectivity index (χ3n) is 2.77. The largest absolute Gasteiger partial charge is 0.384 e. The van der Waals surface area contributed by atoms with Crippen LogP contribution < -0.4 is 10.5 Å². The van der Waals surface area contributed by atoms with Crippen LogP contribution in [0.4, 0.5) is 5.69 Å². The Hall–Kier alpha value is -1.85. The molecule has 0 saturated heterocycles. The highest BCUT2D eigenvalue weighted by atomic mass is 32.2. The molecule has 0 amide bonds. The normalized spacial score (nSPS) is 11.2. The summed E-state index contributed by atoms with van der Waals surface area (Å²) in [5.74, 6) is 0. The maximum Gasteiger partial charge on any atom is 0.240 e. The Bertz CT molecular complexity index is 640. The third kappa shape index (κ3) is 3.81. The summed E-state index contributed by atoms with van der Waals surface area (Å²) in [5.41, 5.74) is 1.74. The highest BCUT2D eigenvalue weighted by molar-refractivity contribution is 7.89. The van der Waals surface area contributed by atoms with Gasteiger partial charge in [-0.05, 0) is 24.1 Å². The predicted molar refractivity (Wildman–Crippen MR) is 76.5 cm³/mol. The number of primary sulfonamides is 1. The van der Waals surface area contributed by atoms with Gasteiger partial charge in [-0.25, -0.2) is 13.6 Å². The fraction of sp³-hybridized carbons (Fsp3) is 0.143. The molecule has 0 fully saturated rings. The van der Waals surface area contributed by atoms with Crippen molar-refractivity contribution in [1.82, 2.24) is 0 Å². The summed E-state index contributed by atoms with van der Waals surface area (Å²) in [6.07, 6.45) is 0.819. The molecular weight excluding hydrogens is 260 g/mol. The molecule has 0 bridgehead atoms. The quantitative estimate of drug-likeness (QED) is 0.877. The molecule has 5 heteroatoms. The van der Waals surface area contributed by atoms with E-state index in [1.54, 1.807) is 18.2 Å². The van der Waals surface area contributed by atoms with E-state index in [-0.39, 0.29) is 4.90 Å². The fourth-order valence-corrected chi connectivity index (χ4v) is 2.56. The van der Waals surface area contributed by atoms with Crippen molar-refractivity contribution < 1.29 is 8.42 Å². The van der Waals surface area contributed by atoms with Gasteiger partial charge >= 0.3 is 0 Å². The number of hydrogen-bond acceptors (Lipinski definition) is 3. The standard InChI is InChI=1S/C14H16N2O2S/c15-19(17,18)14-9-5-4-8-13(14)16-11-10-12-6-2-1-3-7-12/h1-9,16H,10-11H2,(H2,15,17,18). The summed E-state index contributed by atoms with van der Waals surface area (Å²) in [4.78, 5) is 0.128. The van der Waals surface area contributed by atoms with Gasteiger partial charge in [0.15, 0.2) is 0 Å². The summed E-state index contributed by atoms with van der Waals surface area (Å²) in [6, 6.07) is 16.6. The molecule has 0 radical (unpaired) electrons. The van der Waals surface area contributed by atoms with Crippen molar-refractivity contribution in [3.63, 3.8) is 0 Å². The van der Waals surface area contributed by atoms with Gasteiger partial charge < -0.3 is 5.32 Å². The van der Waals surface area contributed by atoms with Gasteiger partial charge in [0.2, 0.25) is 10.0 Å². The molecule has 0 aliphatic heterocycles. The van der Waals surface area contributed by atoms with Crippen molar-refractivity contribution in [2.75, 3.05) is 11.9 Å². The number of para-hydroxylation sites is 1. The van der Waals surface area contributed by atoms with E-state index in [0.29, 0.717) is 12.2 Å². The minimum absolute atomic E-state index is 0.128. The van der Waals surface area contributed by atoms with Crippen LogP contribution in [0.5, 0.6) is 0 Å². The van der Waals surface area contributed by atoms with Crippen LogP contribution in [0.1, 0.15) is 5.56 Å². The maximum atomic E-state index is 11.4. The first kappa shape index (κ1) is 13.6. The van der Waals surface area contributed by atoms with Gasteiger partial charge in [-0.3, -0.25) is 0 Å². The van der Waals surface area contributed by atoms with Crippen molar-refractivity contribution in [1.29, 1.82) is 0 Å². The highest BCUT2D eigenvalue weighted by Gasteiger charge is 2.12. The highest BCUT2D eigenvalue weighted by Crippen LogP contribution is 2.19. The fourth-order valence-electron chi connectivity index (χ4n) is 1.85. The average molecular weight is 276 g/mol. The summed E-state index contributed by atoms with van der Waals surface area (Å²) in [5, 5.41) is 8.28. The summed E-state index contributed by atoms with van der Waals surface area (Å²) in [7, 11) is -3.69. The van der Waals surface area contributed by atoms with Gasteiger partial charge in [0.25, 0.3) is 0 Å². The van der Waals surface area contributed by atoms with Crippen LogP contribution in [0.3, 0.4) is 0 Å². The van der Waals surface area contributed by atoms with Crippen LogP contribution >= 0.6 is 0 Å². The van der Waals surface area contributed by atoms with E-state index in [9.17, 15) is 8.42 Å². The number of sulfonamides is 1. The van der Waals surface area contributed by atoms with E-state index in [1.807, 2.05) is 30.3 Å². The van der Waals surface area contributed by atoms with Gasteiger partial charge in [-0.2, -0.15) is 0 Å². The van der Waals surface area contributed by atoms with Crippen LogP contribution in [0, 0.1) is 0 Å². The van der Waals surface area contributed by atoms with Gasteiger partial charge in [-0.15, -0.1) is 0 Å². The van der Waals surface area contributed by atoms with E-state index in [2.05, 4.69) is 5.32 Å². The smallest absolute Gasteiger partial charge is 0.240 e. The monoisotopic (exact) mass is 276 g/mol. The van der Waals surface area contributed by atoms with Crippen molar-refractivity contribution in [2.45, 2.75) is 11.3 Å². The predicted octanol–water partition coefficient (Wildman–Crippen LogP) is 1.99. The zero-order chi connectivity index (χ0) is 13.7. The first-order valence-electron chi connectivity index (χ1n) is 5.97. The van der Waals surface area contributed by atoms with Crippen LogP contribution in [0.15, 0.2) is 59.5 Å². The number of nitrogens with one attached hydrogen (secondary N) is 1. The second-order valence-corrected chi connectivity index (χ2v) is 5.73. The van der Waals surface area contributed by atoms with Crippen molar-refractivity contribution in [3.05, 3.63) is 60.2 Å². The number of nitrogens with two attached hydrogens (primary N) is 1. The van der Waals surface area contributed by atoms with Gasteiger partial charge in [0, 0.05) is 6.54 Å². The molecule has 2 aromatic rings. The summed E-state index contributed by atoms with van der Waals surface area (Å²) >= 11 is 0. The first-order chi connectivity index (χ1) is 9.07. The Morgan fingerprint density at radius 2 is 1.58 bits per heavy atom. The third-order valence-corrected chi connectivity index (χ3v) is 3.73. The first-order valence-corrected chi connectivity index (χ1v) is 7.51. The molecule has 0 aliphatic rings. The molecule has 0 saturated carbocycles. The van der Waals surface area contributed by atoms with Crippen LogP contribution in [0.2, 0.25) is 0 Å². The van der Waals surface area contributed by atoms with Gasteiger partial charge in [0.1, 0.15) is 4.90 Å². The molecule has 2 aromatic carbocycles. The maximum absolute atomic E-state index is 11.4. The molecule has 0 heterocycles. The Morgan fingerprint density at radius 3 is 2.26 bits per heavy atom. The number of anilines is 1. The number of hydrogen-bond donors (Lipinski definition) is 2. The van der Waals surface area contributed by atoms with Crippen molar-refractivity contribution in [2.24, 2.45) is 5.14 Å². The second-order valence-electron chi connectivity index (χ2n) is 4.20. The second kappa shape index (κ2) is 5.86. The van der Waals surface area contributed by atoms with Crippen molar-refractivity contribution in [3.8, 4) is 0 Å². The Labute approximate surface area is 113 Å². The molecule has 0 unspecified atom stereocenters. The Morgan fingerprint density at radius 1 is 0.947 bits per heavy atom. The molecule has 0 atom stereocenters. The van der Waals surface area contributed by atoms with Crippen LogP contribution in [-0.2, 0) is 16.4 Å². The van der Waals surface area contributed by atoms with Crippen LogP contribution in [0.25, 0.3) is 0 Å². The van der Waals surface area contributed by atoms with Gasteiger partial charge in [0.05, 0.1) is 5.69 Å². The molecule has 100 valence electrons. The molecule has 0 aliphatic carbocycles. The van der Waals surface area contributed by atoms with E-state index in [4.69, 9.17) is 5.14 Å². The zero-order valence-electron chi connectivity index (χ0n) is 10.4. The average Bonchev–Trinajstić information content (AvgIpc) is 2.39. The van der Waals surface area contributed by atoms with Crippen LogP contribution in [-0.4, -0.2) is 15.0 Å². The lowest BCUT2D eigenvalue weighted by Gasteiger charge is -2.10. The minimum Gasteiger partial charge on any atom is -0.384 e. The van der Waals surface area contributed by atoms with Gasteiger partial charge in [-0.1, -0.05) is 42.5 Å². The minimum atomic E-state index is -3.69. The lowest BCUT2D eigenvalue weighted by molar-refractivity contribution is 0.598. The molecular formula is C14H16N2O2S.